The van der Waals surface area contributed by atoms with E-state index in [-0.39, 0.29) is 89.7 Å². The van der Waals surface area contributed by atoms with E-state index in [0.29, 0.717) is 49.8 Å². The third-order valence-electron chi connectivity index (χ3n) is 23.0. The molecule has 0 saturated carbocycles. The molecule has 1 aliphatic rings. The number of hydrogen-bond donors (Lipinski definition) is 10. The zero-order valence-corrected chi connectivity index (χ0v) is 77.3. The van der Waals surface area contributed by atoms with Gasteiger partial charge in [0.15, 0.2) is 25.5 Å². The number of likely N-dealkylation sites (N-methyl/N-ethyl adjacent to an activating group) is 2. The van der Waals surface area contributed by atoms with Crippen LogP contribution in [0.2, 0.25) is 0 Å². The van der Waals surface area contributed by atoms with Crippen LogP contribution in [0.3, 0.4) is 0 Å². The molecule has 126 heavy (non-hydrogen) atoms. The van der Waals surface area contributed by atoms with Crippen molar-refractivity contribution in [3.8, 4) is 0 Å². The number of aliphatic hydroxyl groups is 1. The smallest absolute Gasteiger partial charge is 0.410 e. The molecular formula is C92H132N12O20S2. The summed E-state index contributed by atoms with van der Waals surface area (Å²) < 4.78 is 73.0. The predicted octanol–water partition coefficient (Wildman–Crippen LogP) is 8.45. The van der Waals surface area contributed by atoms with Crippen LogP contribution in [0, 0.1) is 49.4 Å². The van der Waals surface area contributed by atoms with Crippen molar-refractivity contribution in [3.05, 3.63) is 161 Å². The van der Waals surface area contributed by atoms with Crippen molar-refractivity contribution < 1.29 is 93.7 Å². The summed E-state index contributed by atoms with van der Waals surface area (Å²) in [7, 11) is -2.42. The zero-order chi connectivity index (χ0) is 93.6. The number of primary amides is 1. The number of aryl methyl sites for hydroxylation is 2. The number of rotatable bonds is 49. The van der Waals surface area contributed by atoms with E-state index in [4.69, 9.17) is 19.9 Å². The lowest BCUT2D eigenvalue weighted by Gasteiger charge is -2.41. The fourth-order valence-electron chi connectivity index (χ4n) is 15.4. The lowest BCUT2D eigenvalue weighted by atomic mass is 9.89. The van der Waals surface area contributed by atoms with Gasteiger partial charge in [-0.15, -0.1) is 0 Å². The number of Topliss-reactive ketones (excluding diaryl/α,β-unsaturated/α-hetero) is 1. The Labute approximate surface area is 742 Å². The van der Waals surface area contributed by atoms with E-state index >= 15 is 0 Å². The number of nitrogens with one attached hydrogen (secondary N) is 8. The van der Waals surface area contributed by atoms with Crippen LogP contribution in [0.1, 0.15) is 189 Å². The predicted molar refractivity (Wildman–Crippen MR) is 478 cm³/mol. The number of ether oxygens (including phenoxy) is 3. The highest BCUT2D eigenvalue weighted by Gasteiger charge is 2.45. The summed E-state index contributed by atoms with van der Waals surface area (Å²) in [4.78, 5) is 172. The highest BCUT2D eigenvalue weighted by atomic mass is 32.2. The molecule has 5 aromatic rings. The van der Waals surface area contributed by atoms with E-state index in [1.165, 1.54) is 86.8 Å². The van der Waals surface area contributed by atoms with Gasteiger partial charge in [-0.1, -0.05) is 172 Å². The number of carbonyl (C=O) groups is 12. The van der Waals surface area contributed by atoms with Gasteiger partial charge in [0.1, 0.15) is 36.8 Å². The Kier molecular flexibility index (Phi) is 40.8. The quantitative estimate of drug-likeness (QED) is 0.0129. The molecule has 1 aliphatic heterocycles. The van der Waals surface area contributed by atoms with Crippen LogP contribution < -0.4 is 48.3 Å². The highest BCUT2D eigenvalue weighted by Crippen LogP contribution is 2.32. The van der Waals surface area contributed by atoms with Crippen molar-refractivity contribution in [2.75, 3.05) is 64.8 Å². The Hall–Kier alpha value is -10.7. The molecule has 1 saturated heterocycles. The molecule has 0 aromatic heterocycles. The van der Waals surface area contributed by atoms with Crippen molar-refractivity contribution in [1.82, 2.24) is 51.9 Å². The molecule has 0 unspecified atom stereocenters. The Morgan fingerprint density at radius 3 is 1.68 bits per heavy atom. The summed E-state index contributed by atoms with van der Waals surface area (Å²) >= 11 is 0. The number of nitrogens with two attached hydrogens (primary N) is 1. The van der Waals surface area contributed by atoms with E-state index in [1.54, 1.807) is 142 Å². The average Bonchev–Trinajstić information content (AvgIpc) is 1.34. The van der Waals surface area contributed by atoms with E-state index in [2.05, 4.69) is 42.5 Å². The highest BCUT2D eigenvalue weighted by molar-refractivity contribution is 7.92. The fourth-order valence-corrected chi connectivity index (χ4v) is 18.6. The van der Waals surface area contributed by atoms with E-state index in [9.17, 15) is 79.5 Å². The number of carbonyl (C=O) groups excluding carboxylic acids is 12. The van der Waals surface area contributed by atoms with Gasteiger partial charge in [-0.25, -0.2) is 26.4 Å². The maximum absolute atomic E-state index is 14.9. The topological polar surface area (TPSA) is 453 Å². The van der Waals surface area contributed by atoms with Crippen LogP contribution in [0.4, 0.5) is 15.3 Å². The number of amides is 12. The SMILES string of the molecule is CCCCNC(=O)[C@H](CCC(=O)N[C@H](C(=O)N[C@@H](CCCNC(N)=O)C(=O)Nc1ccc(COC(=O)N(C)[C@H](C(=O)N[C@H](C(=O)N(C)[C@@H]([C@@H](C)CC)[C@@H](CC(=O)N2CCC[C@H]2[C@H](OC)[C@@H](C)C(=O)N[C@H](C)[C@@H](O)c2ccccc2)OC)C(C)C)C(C)C)cc1)C(C)C)NC(=O)c1ccc(C(=O)C(CS(=O)(=O)c2ccc(C)cc2)CS(=O)(=O)c2ccc(C)cc2)cc1. The first-order chi connectivity index (χ1) is 59.5. The maximum Gasteiger partial charge on any atom is 0.410 e. The van der Waals surface area contributed by atoms with Crippen molar-refractivity contribution >= 4 is 96.4 Å². The average molecular weight is 1790 g/mol. The van der Waals surface area contributed by atoms with Crippen molar-refractivity contribution in [3.63, 3.8) is 0 Å². The molecule has 0 radical (unpaired) electrons. The Morgan fingerprint density at radius 1 is 0.587 bits per heavy atom. The second-order valence-corrected chi connectivity index (χ2v) is 37.9. The largest absolute Gasteiger partial charge is 0.445 e. The number of ketones is 1. The molecule has 0 bridgehead atoms. The van der Waals surface area contributed by atoms with Crippen molar-refractivity contribution in [2.24, 2.45) is 41.2 Å². The number of anilines is 1. The summed E-state index contributed by atoms with van der Waals surface area (Å²) in [6.07, 6.45) is -0.893. The number of methoxy groups -OCH3 is 2. The number of sulfone groups is 2. The number of hydrogen-bond acceptors (Lipinski definition) is 20. The fraction of sp³-hybridized carbons (Fsp3) is 0.543. The van der Waals surface area contributed by atoms with Gasteiger partial charge in [0.25, 0.3) is 5.91 Å². The molecular weight excluding hydrogens is 1660 g/mol. The summed E-state index contributed by atoms with van der Waals surface area (Å²) in [5.41, 5.74) is 8.12. The monoisotopic (exact) mass is 1790 g/mol. The number of unbranched alkanes of at least 4 members (excludes halogenated alkanes) is 1. The maximum atomic E-state index is 14.9. The van der Waals surface area contributed by atoms with Crippen molar-refractivity contribution in [1.29, 1.82) is 0 Å². The number of nitrogens with zero attached hydrogens (tertiary/aromatic N) is 3. The van der Waals surface area contributed by atoms with Gasteiger partial charge < -0.3 is 77.4 Å². The number of benzene rings is 5. The Bertz CT molecular complexity index is 4640. The van der Waals surface area contributed by atoms with Gasteiger partial charge >= 0.3 is 12.1 Å². The van der Waals surface area contributed by atoms with Gasteiger partial charge in [-0.2, -0.15) is 0 Å². The van der Waals surface area contributed by atoms with Gasteiger partial charge in [0, 0.05) is 71.2 Å². The Balaban J connectivity index is 1.07. The van der Waals surface area contributed by atoms with Crippen LogP contribution in [-0.2, 0) is 78.8 Å². The lowest BCUT2D eigenvalue weighted by Crippen LogP contribution is -2.60. The lowest BCUT2D eigenvalue weighted by molar-refractivity contribution is -0.148. The zero-order valence-electron chi connectivity index (χ0n) is 75.7. The standard InChI is InChI=1S/C92H132N12O20S2/c1-18-20-48-94-86(111)72(98-85(110)66-38-36-65(37-39-66)82(108)67(53-125(118,119)69-42-30-58(9)31-43-69)54-126(120,121)70-44-32-59(10)33-45-70)46-47-75(105)100-77(55(3)4)88(113)99-71(28-24-49-95-91(93)116)87(112)97-68-40-34-63(35-41-68)52-124-92(117)103(15)79(57(7)8)89(114)101-78(56(5)6)90(115)102(14)80(60(11)19-2)74(122-16)51-76(106)104-50-25-29-73(104)83(123-17)61(12)84(109)96-62(13)81(107)64-26-22-21-23-27-64/h21-23,26-27,30-45,55-57,60-62,67,71-74,77-81,83,107H,18-20,24-25,28-29,46-54H2,1-17H3,(H,94,111)(H,96,109)(H,97,112)(H,98,110)(H,99,113)(H,100,105)(H,101,114)(H3,93,95,116)/t60-,61+,62+,71-,72-,73-,74+,77-,78-,79-,80-,81+,83+/m0/s1. The summed E-state index contributed by atoms with van der Waals surface area (Å²) in [5, 5.41) is 33.0. The first-order valence-electron chi connectivity index (χ1n) is 43.2. The number of urea groups is 1. The van der Waals surface area contributed by atoms with Gasteiger partial charge in [0.2, 0.25) is 47.3 Å². The third-order valence-corrected chi connectivity index (χ3v) is 26.7. The van der Waals surface area contributed by atoms with Crippen LogP contribution >= 0.6 is 0 Å². The second kappa shape index (κ2) is 49.4. The first-order valence-corrected chi connectivity index (χ1v) is 46.5. The first kappa shape index (κ1) is 104. The van der Waals surface area contributed by atoms with Gasteiger partial charge in [-0.3, -0.25) is 52.8 Å². The second-order valence-electron chi connectivity index (χ2n) is 33.8. The summed E-state index contributed by atoms with van der Waals surface area (Å²) in [6.45, 7) is 23.5. The molecule has 1 heterocycles. The molecule has 692 valence electrons. The van der Waals surface area contributed by atoms with E-state index in [0.717, 1.165) is 16.0 Å². The molecule has 13 atom stereocenters. The third kappa shape index (κ3) is 30.3. The molecule has 5 aromatic carbocycles. The molecule has 32 nitrogen and oxygen atoms in total. The van der Waals surface area contributed by atoms with Gasteiger partial charge in [0.05, 0.1) is 76.0 Å². The Morgan fingerprint density at radius 2 is 1.15 bits per heavy atom. The molecule has 34 heteroatoms. The minimum atomic E-state index is -4.22. The molecule has 6 rings (SSSR count). The summed E-state index contributed by atoms with van der Waals surface area (Å²) in [5.74, 6) is -11.8. The van der Waals surface area contributed by atoms with Crippen molar-refractivity contribution in [2.45, 2.75) is 237 Å². The minimum absolute atomic E-state index is 0.0259. The van der Waals surface area contributed by atoms with Gasteiger partial charge in [-0.05, 0) is 143 Å². The molecule has 12 amide bonds. The molecule has 1 fully saturated rings. The minimum Gasteiger partial charge on any atom is -0.445 e. The molecule has 11 N–H and O–H groups in total. The summed E-state index contributed by atoms with van der Waals surface area (Å²) in [6, 6.07) is 23.4. The number of aliphatic hydroxyl groups excluding tert-OH is 1. The molecule has 0 aliphatic carbocycles. The van der Waals surface area contributed by atoms with Crippen LogP contribution in [0.5, 0.6) is 0 Å². The van der Waals surface area contributed by atoms with Crippen LogP contribution in [-0.4, -0.2) is 228 Å². The van der Waals surface area contributed by atoms with Crippen LogP contribution in [0.15, 0.2) is 137 Å². The van der Waals surface area contributed by atoms with E-state index in [1.807, 2.05) is 26.8 Å². The molecule has 0 spiro atoms. The van der Waals surface area contributed by atoms with Crippen LogP contribution in [0.25, 0.3) is 0 Å². The number of likely N-dealkylation sites (tertiary alicyclic amines) is 1. The van der Waals surface area contributed by atoms with E-state index < -0.39 is 193 Å². The normalized spacial score (nSPS) is 15.8.